The van der Waals surface area contributed by atoms with Crippen LogP contribution in [0.4, 0.5) is 10.1 Å². The van der Waals surface area contributed by atoms with Crippen molar-refractivity contribution in [3.63, 3.8) is 0 Å². The van der Waals surface area contributed by atoms with Gasteiger partial charge in [-0.25, -0.2) is 4.39 Å². The van der Waals surface area contributed by atoms with Gasteiger partial charge in [-0.05, 0) is 38.0 Å². The van der Waals surface area contributed by atoms with Gasteiger partial charge in [-0.15, -0.1) is 0 Å². The molecule has 1 saturated carbocycles. The number of amides is 2. The number of anilines is 1. The van der Waals surface area contributed by atoms with Crippen LogP contribution in [-0.2, 0) is 4.79 Å². The van der Waals surface area contributed by atoms with Crippen LogP contribution in [0.25, 0.3) is 0 Å². The van der Waals surface area contributed by atoms with E-state index in [0.717, 1.165) is 25.3 Å². The van der Waals surface area contributed by atoms with Crippen molar-refractivity contribution >= 4 is 17.5 Å². The highest BCUT2D eigenvalue weighted by Crippen LogP contribution is 2.32. The second kappa shape index (κ2) is 5.81. The Kier molecular flexibility index (Phi) is 4.27. The van der Waals surface area contributed by atoms with Crippen LogP contribution < -0.4 is 16.8 Å². The zero-order chi connectivity index (χ0) is 15.6. The molecule has 0 saturated heterocycles. The molecule has 2 amide bonds. The minimum absolute atomic E-state index is 0.0438. The van der Waals surface area contributed by atoms with Gasteiger partial charge in [0.1, 0.15) is 5.82 Å². The molecule has 0 radical (unpaired) electrons. The van der Waals surface area contributed by atoms with Gasteiger partial charge < -0.3 is 16.8 Å². The van der Waals surface area contributed by atoms with E-state index in [4.69, 9.17) is 11.5 Å². The summed E-state index contributed by atoms with van der Waals surface area (Å²) in [6, 6.07) is 3.63. The van der Waals surface area contributed by atoms with E-state index < -0.39 is 17.3 Å². The van der Waals surface area contributed by atoms with Gasteiger partial charge in [0, 0.05) is 11.1 Å². The summed E-state index contributed by atoms with van der Waals surface area (Å²) < 4.78 is 13.8. The second-order valence-electron chi connectivity index (χ2n) is 5.85. The minimum atomic E-state index is -0.674. The lowest BCUT2D eigenvalue weighted by Gasteiger charge is -2.37. The predicted octanol–water partition coefficient (Wildman–Crippen LogP) is 1.77. The van der Waals surface area contributed by atoms with E-state index in [0.29, 0.717) is 6.42 Å². The fraction of sp³-hybridized carbons (Fsp3) is 0.467. The number of nitrogens with one attached hydrogen (secondary N) is 1. The van der Waals surface area contributed by atoms with Crippen LogP contribution in [0.15, 0.2) is 18.2 Å². The van der Waals surface area contributed by atoms with Crippen molar-refractivity contribution in [2.75, 3.05) is 5.32 Å². The number of carbonyl (C=O) groups excluding carboxylic acids is 2. The summed E-state index contributed by atoms with van der Waals surface area (Å²) in [4.78, 5) is 23.5. The summed E-state index contributed by atoms with van der Waals surface area (Å²) in [5, 5.41) is 2.53. The molecule has 2 unspecified atom stereocenters. The molecule has 0 spiro atoms. The zero-order valence-electron chi connectivity index (χ0n) is 12.0. The summed E-state index contributed by atoms with van der Waals surface area (Å²) in [5.41, 5.74) is 10.8. The molecule has 1 fully saturated rings. The van der Waals surface area contributed by atoms with E-state index in [-0.39, 0.29) is 23.1 Å². The van der Waals surface area contributed by atoms with Crippen LogP contribution in [0.1, 0.15) is 43.0 Å². The number of halogens is 1. The number of nitrogens with two attached hydrogens (primary N) is 2. The van der Waals surface area contributed by atoms with Crippen LogP contribution in [0.2, 0.25) is 0 Å². The van der Waals surface area contributed by atoms with Gasteiger partial charge in [-0.1, -0.05) is 12.8 Å². The molecule has 2 atom stereocenters. The van der Waals surface area contributed by atoms with Crippen molar-refractivity contribution in [1.82, 2.24) is 0 Å². The molecule has 6 heteroatoms. The van der Waals surface area contributed by atoms with Crippen LogP contribution in [0, 0.1) is 11.7 Å². The first-order valence-corrected chi connectivity index (χ1v) is 7.00. The van der Waals surface area contributed by atoms with Crippen molar-refractivity contribution in [3.8, 4) is 0 Å². The molecule has 2 rings (SSSR count). The third-order valence-corrected chi connectivity index (χ3v) is 4.08. The standard InChI is InChI=1S/C15H20FN3O2/c1-15(18)7-3-2-4-10(15)14(21)19-12-8-9(13(17)20)5-6-11(12)16/h5-6,8,10H,2-4,7,18H2,1H3,(H2,17,20)(H,19,21). The van der Waals surface area contributed by atoms with Gasteiger partial charge in [0.05, 0.1) is 11.6 Å². The topological polar surface area (TPSA) is 98.2 Å². The number of carbonyl (C=O) groups is 2. The first kappa shape index (κ1) is 15.4. The highest BCUT2D eigenvalue weighted by atomic mass is 19.1. The fourth-order valence-electron chi connectivity index (χ4n) is 2.78. The maximum atomic E-state index is 13.8. The van der Waals surface area contributed by atoms with E-state index in [2.05, 4.69) is 5.32 Å². The summed E-state index contributed by atoms with van der Waals surface area (Å²) in [6.07, 6.45) is 3.35. The number of hydrogen-bond acceptors (Lipinski definition) is 3. The van der Waals surface area contributed by atoms with Crippen LogP contribution >= 0.6 is 0 Å². The van der Waals surface area contributed by atoms with E-state index in [1.165, 1.54) is 12.1 Å². The third-order valence-electron chi connectivity index (χ3n) is 4.08. The van der Waals surface area contributed by atoms with E-state index in [9.17, 15) is 14.0 Å². The predicted molar refractivity (Wildman–Crippen MR) is 78.1 cm³/mol. The number of primary amides is 1. The highest BCUT2D eigenvalue weighted by molar-refractivity contribution is 5.97. The van der Waals surface area contributed by atoms with E-state index in [1.807, 2.05) is 6.92 Å². The smallest absolute Gasteiger partial charge is 0.248 e. The van der Waals surface area contributed by atoms with Gasteiger partial charge in [-0.2, -0.15) is 0 Å². The molecule has 114 valence electrons. The minimum Gasteiger partial charge on any atom is -0.366 e. The van der Waals surface area contributed by atoms with Gasteiger partial charge in [0.15, 0.2) is 0 Å². The quantitative estimate of drug-likeness (QED) is 0.792. The molecule has 1 aliphatic rings. The maximum absolute atomic E-state index is 13.8. The summed E-state index contributed by atoms with van der Waals surface area (Å²) >= 11 is 0. The van der Waals surface area contributed by atoms with Crippen LogP contribution in [0.3, 0.4) is 0 Å². The first-order valence-electron chi connectivity index (χ1n) is 7.00. The summed E-state index contributed by atoms with van der Waals surface area (Å²) in [5.74, 6) is -1.97. The molecule has 0 aliphatic heterocycles. The molecule has 5 nitrogen and oxygen atoms in total. The molecule has 0 aromatic heterocycles. The Morgan fingerprint density at radius 1 is 1.38 bits per heavy atom. The lowest BCUT2D eigenvalue weighted by Crippen LogP contribution is -2.51. The number of rotatable bonds is 3. The van der Waals surface area contributed by atoms with Crippen molar-refractivity contribution in [3.05, 3.63) is 29.6 Å². The largest absolute Gasteiger partial charge is 0.366 e. The van der Waals surface area contributed by atoms with E-state index in [1.54, 1.807) is 0 Å². The SMILES string of the molecule is CC1(N)CCCCC1C(=O)Nc1cc(C(N)=O)ccc1F. The Bertz CT molecular complexity index is 572. The number of benzene rings is 1. The van der Waals surface area contributed by atoms with Gasteiger partial charge in [0.2, 0.25) is 11.8 Å². The normalized spacial score (nSPS) is 25.4. The Balaban J connectivity index is 2.19. The molecule has 0 heterocycles. The van der Waals surface area contributed by atoms with Crippen molar-refractivity contribution < 1.29 is 14.0 Å². The lowest BCUT2D eigenvalue weighted by atomic mass is 9.74. The number of hydrogen-bond donors (Lipinski definition) is 3. The molecular formula is C15H20FN3O2. The maximum Gasteiger partial charge on any atom is 0.248 e. The lowest BCUT2D eigenvalue weighted by molar-refractivity contribution is -0.122. The second-order valence-corrected chi connectivity index (χ2v) is 5.85. The highest BCUT2D eigenvalue weighted by Gasteiger charge is 2.37. The third kappa shape index (κ3) is 3.39. The van der Waals surface area contributed by atoms with Crippen LogP contribution in [-0.4, -0.2) is 17.4 Å². The molecule has 1 aromatic carbocycles. The van der Waals surface area contributed by atoms with Gasteiger partial charge in [0.25, 0.3) is 0 Å². The average molecular weight is 293 g/mol. The molecule has 1 aromatic rings. The first-order chi connectivity index (χ1) is 9.81. The molecular weight excluding hydrogens is 273 g/mol. The molecule has 1 aliphatic carbocycles. The van der Waals surface area contributed by atoms with Gasteiger partial charge >= 0.3 is 0 Å². The molecule has 0 bridgehead atoms. The Hall–Kier alpha value is -1.95. The van der Waals surface area contributed by atoms with Crippen molar-refractivity contribution in [1.29, 1.82) is 0 Å². The molecule has 21 heavy (non-hydrogen) atoms. The monoisotopic (exact) mass is 293 g/mol. The van der Waals surface area contributed by atoms with Gasteiger partial charge in [-0.3, -0.25) is 9.59 Å². The average Bonchev–Trinajstić information content (AvgIpc) is 2.40. The summed E-state index contributed by atoms with van der Waals surface area (Å²) in [7, 11) is 0. The summed E-state index contributed by atoms with van der Waals surface area (Å²) in [6.45, 7) is 1.84. The van der Waals surface area contributed by atoms with Crippen molar-refractivity contribution in [2.24, 2.45) is 17.4 Å². The van der Waals surface area contributed by atoms with Crippen LogP contribution in [0.5, 0.6) is 0 Å². The van der Waals surface area contributed by atoms with E-state index >= 15 is 0 Å². The zero-order valence-corrected chi connectivity index (χ0v) is 12.0. The van der Waals surface area contributed by atoms with Crippen molar-refractivity contribution in [2.45, 2.75) is 38.1 Å². The Labute approximate surface area is 122 Å². The fourth-order valence-corrected chi connectivity index (χ4v) is 2.78. The Morgan fingerprint density at radius 2 is 2.10 bits per heavy atom. The Morgan fingerprint density at radius 3 is 2.71 bits per heavy atom. The molecule has 5 N–H and O–H groups in total.